The Bertz CT molecular complexity index is 842. The highest BCUT2D eigenvalue weighted by molar-refractivity contribution is 6.30. The number of halogens is 3. The van der Waals surface area contributed by atoms with Crippen molar-refractivity contribution in [2.45, 2.75) is 0 Å². The summed E-state index contributed by atoms with van der Waals surface area (Å²) in [5.41, 5.74) is 0.380. The van der Waals surface area contributed by atoms with E-state index in [-0.39, 0.29) is 5.56 Å². The number of hydrogen-bond donors (Lipinski definition) is 1. The van der Waals surface area contributed by atoms with Crippen molar-refractivity contribution in [3.8, 4) is 5.69 Å². The van der Waals surface area contributed by atoms with Gasteiger partial charge in [-0.05, 0) is 36.4 Å². The second-order valence-electron chi connectivity index (χ2n) is 4.70. The quantitative estimate of drug-likeness (QED) is 0.785. The van der Waals surface area contributed by atoms with E-state index >= 15 is 0 Å². The summed E-state index contributed by atoms with van der Waals surface area (Å²) in [6.07, 6.45) is 2.76. The van der Waals surface area contributed by atoms with Gasteiger partial charge >= 0.3 is 0 Å². The summed E-state index contributed by atoms with van der Waals surface area (Å²) in [4.78, 5) is 12.1. The number of anilines is 1. The molecule has 0 aliphatic carbocycles. The highest BCUT2D eigenvalue weighted by Gasteiger charge is 2.15. The van der Waals surface area contributed by atoms with Crippen molar-refractivity contribution >= 4 is 23.2 Å². The minimum absolute atomic E-state index is 0.169. The van der Waals surface area contributed by atoms with E-state index in [4.69, 9.17) is 11.6 Å². The molecule has 2 aromatic carbocycles. The van der Waals surface area contributed by atoms with E-state index in [0.29, 0.717) is 10.7 Å². The SMILES string of the molecule is O=C(Nc1c(F)cccc1F)c1cnn(-c2ccc(Cl)cc2)c1. The lowest BCUT2D eigenvalue weighted by Gasteiger charge is -2.06. The molecule has 0 aliphatic rings. The monoisotopic (exact) mass is 333 g/mol. The van der Waals surface area contributed by atoms with Crippen molar-refractivity contribution in [2.75, 3.05) is 5.32 Å². The van der Waals surface area contributed by atoms with Crippen molar-refractivity contribution in [3.63, 3.8) is 0 Å². The molecule has 1 amide bonds. The van der Waals surface area contributed by atoms with Crippen LogP contribution in [0.3, 0.4) is 0 Å². The van der Waals surface area contributed by atoms with Crippen LogP contribution < -0.4 is 5.32 Å². The normalized spacial score (nSPS) is 10.6. The number of amides is 1. The van der Waals surface area contributed by atoms with E-state index in [1.54, 1.807) is 24.3 Å². The standard InChI is InChI=1S/C16H10ClF2N3O/c17-11-4-6-12(7-5-11)22-9-10(8-20-22)16(23)21-15-13(18)2-1-3-14(15)19/h1-9H,(H,21,23). The van der Waals surface area contributed by atoms with Crippen molar-refractivity contribution in [1.82, 2.24) is 9.78 Å². The smallest absolute Gasteiger partial charge is 0.259 e. The number of para-hydroxylation sites is 1. The Balaban J connectivity index is 1.83. The number of aromatic nitrogens is 2. The van der Waals surface area contributed by atoms with Crippen molar-refractivity contribution in [1.29, 1.82) is 0 Å². The van der Waals surface area contributed by atoms with Crippen LogP contribution in [-0.2, 0) is 0 Å². The number of carbonyl (C=O) groups is 1. The summed E-state index contributed by atoms with van der Waals surface area (Å²) in [5, 5.41) is 6.83. The maximum absolute atomic E-state index is 13.5. The third-order valence-electron chi connectivity index (χ3n) is 3.14. The molecule has 0 spiro atoms. The van der Waals surface area contributed by atoms with Gasteiger partial charge in [0.2, 0.25) is 0 Å². The number of nitrogens with one attached hydrogen (secondary N) is 1. The predicted octanol–water partition coefficient (Wildman–Crippen LogP) is 4.06. The van der Waals surface area contributed by atoms with Crippen LogP contribution in [0.5, 0.6) is 0 Å². The number of benzene rings is 2. The first-order chi connectivity index (χ1) is 11.0. The first-order valence-corrected chi connectivity index (χ1v) is 6.98. The number of rotatable bonds is 3. The second-order valence-corrected chi connectivity index (χ2v) is 5.14. The maximum Gasteiger partial charge on any atom is 0.259 e. The van der Waals surface area contributed by atoms with Crippen LogP contribution >= 0.6 is 11.6 Å². The van der Waals surface area contributed by atoms with Gasteiger partial charge in [-0.3, -0.25) is 4.79 Å². The van der Waals surface area contributed by atoms with E-state index in [0.717, 1.165) is 12.1 Å². The molecule has 0 aliphatic heterocycles. The first-order valence-electron chi connectivity index (χ1n) is 6.60. The van der Waals surface area contributed by atoms with Crippen LogP contribution in [-0.4, -0.2) is 15.7 Å². The molecular weight excluding hydrogens is 324 g/mol. The maximum atomic E-state index is 13.5. The van der Waals surface area contributed by atoms with Gasteiger partial charge in [-0.2, -0.15) is 5.10 Å². The van der Waals surface area contributed by atoms with Crippen LogP contribution in [0.4, 0.5) is 14.5 Å². The average Bonchev–Trinajstić information content (AvgIpc) is 3.02. The number of nitrogens with zero attached hydrogens (tertiary/aromatic N) is 2. The number of hydrogen-bond acceptors (Lipinski definition) is 2. The fraction of sp³-hybridized carbons (Fsp3) is 0. The van der Waals surface area contributed by atoms with Gasteiger partial charge in [0.15, 0.2) is 0 Å². The molecular formula is C16H10ClF2N3O. The Kier molecular flexibility index (Phi) is 4.08. The van der Waals surface area contributed by atoms with E-state index in [2.05, 4.69) is 10.4 Å². The molecule has 0 radical (unpaired) electrons. The summed E-state index contributed by atoms with van der Waals surface area (Å²) in [6, 6.07) is 10.2. The molecule has 3 aromatic rings. The van der Waals surface area contributed by atoms with Gasteiger partial charge in [0.25, 0.3) is 5.91 Å². The van der Waals surface area contributed by atoms with Gasteiger partial charge in [-0.25, -0.2) is 13.5 Å². The van der Waals surface area contributed by atoms with Crippen molar-refractivity contribution in [2.24, 2.45) is 0 Å². The fourth-order valence-electron chi connectivity index (χ4n) is 1.98. The average molecular weight is 334 g/mol. The second kappa shape index (κ2) is 6.18. The Morgan fingerprint density at radius 2 is 1.74 bits per heavy atom. The summed E-state index contributed by atoms with van der Waals surface area (Å²) in [5.74, 6) is -2.35. The molecule has 23 heavy (non-hydrogen) atoms. The lowest BCUT2D eigenvalue weighted by Crippen LogP contribution is -2.13. The molecule has 0 atom stereocenters. The predicted molar refractivity (Wildman–Crippen MR) is 82.9 cm³/mol. The van der Waals surface area contributed by atoms with Crippen LogP contribution in [0.15, 0.2) is 54.9 Å². The van der Waals surface area contributed by atoms with E-state index in [9.17, 15) is 13.6 Å². The highest BCUT2D eigenvalue weighted by Crippen LogP contribution is 2.19. The van der Waals surface area contributed by atoms with Crippen molar-refractivity contribution < 1.29 is 13.6 Å². The zero-order valence-corrected chi connectivity index (χ0v) is 12.4. The zero-order chi connectivity index (χ0) is 16.4. The molecule has 4 nitrogen and oxygen atoms in total. The summed E-state index contributed by atoms with van der Waals surface area (Å²) >= 11 is 5.81. The molecule has 1 N–H and O–H groups in total. The van der Waals surface area contributed by atoms with Gasteiger partial charge < -0.3 is 5.32 Å². The van der Waals surface area contributed by atoms with E-state index in [1.807, 2.05) is 0 Å². The van der Waals surface area contributed by atoms with Gasteiger partial charge in [-0.15, -0.1) is 0 Å². The molecule has 0 saturated heterocycles. The summed E-state index contributed by atoms with van der Waals surface area (Å²) < 4.78 is 28.6. The highest BCUT2D eigenvalue weighted by atomic mass is 35.5. The molecule has 3 rings (SSSR count). The van der Waals surface area contributed by atoms with Crippen LogP contribution in [0.1, 0.15) is 10.4 Å². The first kappa shape index (κ1) is 15.2. The Morgan fingerprint density at radius 1 is 1.09 bits per heavy atom. The third-order valence-corrected chi connectivity index (χ3v) is 3.39. The van der Waals surface area contributed by atoms with Crippen LogP contribution in [0.25, 0.3) is 5.69 Å². The van der Waals surface area contributed by atoms with E-state index < -0.39 is 23.2 Å². The van der Waals surface area contributed by atoms with Gasteiger partial charge in [-0.1, -0.05) is 17.7 Å². The molecule has 1 aromatic heterocycles. The Morgan fingerprint density at radius 3 is 2.39 bits per heavy atom. The molecule has 0 unspecified atom stereocenters. The van der Waals surface area contributed by atoms with Crippen molar-refractivity contribution in [3.05, 3.63) is 77.1 Å². The van der Waals surface area contributed by atoms with E-state index in [1.165, 1.54) is 23.1 Å². The molecule has 0 fully saturated rings. The topological polar surface area (TPSA) is 46.9 Å². The van der Waals surface area contributed by atoms with Crippen LogP contribution in [0.2, 0.25) is 5.02 Å². The summed E-state index contributed by atoms with van der Waals surface area (Å²) in [7, 11) is 0. The Hall–Kier alpha value is -2.73. The lowest BCUT2D eigenvalue weighted by molar-refractivity contribution is 0.102. The minimum atomic E-state index is -0.844. The van der Waals surface area contributed by atoms with Gasteiger partial charge in [0.05, 0.1) is 17.4 Å². The molecule has 1 heterocycles. The largest absolute Gasteiger partial charge is 0.317 e. The fourth-order valence-corrected chi connectivity index (χ4v) is 2.10. The van der Waals surface area contributed by atoms with Gasteiger partial charge in [0, 0.05) is 11.2 Å². The molecule has 0 saturated carbocycles. The Labute approximate surface area is 135 Å². The van der Waals surface area contributed by atoms with Gasteiger partial charge in [0.1, 0.15) is 17.3 Å². The summed E-state index contributed by atoms with van der Waals surface area (Å²) in [6.45, 7) is 0. The minimum Gasteiger partial charge on any atom is -0.317 e. The lowest BCUT2D eigenvalue weighted by atomic mass is 10.2. The van der Waals surface area contributed by atoms with Crippen LogP contribution in [0, 0.1) is 11.6 Å². The number of carbonyl (C=O) groups excluding carboxylic acids is 1. The molecule has 7 heteroatoms. The molecule has 0 bridgehead atoms. The zero-order valence-electron chi connectivity index (χ0n) is 11.6. The third kappa shape index (κ3) is 3.22. The molecule has 116 valence electrons.